The Labute approximate surface area is 190 Å². The smallest absolute Gasteiger partial charge is 0.319 e. The van der Waals surface area contributed by atoms with E-state index in [2.05, 4.69) is 16.7 Å². The zero-order chi connectivity index (χ0) is 23.3. The topological polar surface area (TPSA) is 108 Å². The van der Waals surface area contributed by atoms with Crippen molar-refractivity contribution >= 4 is 35.2 Å². The molecule has 0 unspecified atom stereocenters. The zero-order valence-electron chi connectivity index (χ0n) is 18.0. The van der Waals surface area contributed by atoms with Crippen molar-refractivity contribution in [2.75, 3.05) is 18.2 Å². The number of aryl methyl sites for hydroxylation is 2. The van der Waals surface area contributed by atoms with E-state index in [1.165, 1.54) is 7.11 Å². The van der Waals surface area contributed by atoms with Crippen LogP contribution in [0.1, 0.15) is 22.6 Å². The number of nitrogens with zero attached hydrogens (tertiary/aromatic N) is 1. The highest BCUT2D eigenvalue weighted by Gasteiger charge is 2.44. The summed E-state index contributed by atoms with van der Waals surface area (Å²) in [4.78, 5) is 37.7. The van der Waals surface area contributed by atoms with Gasteiger partial charge in [0.05, 0.1) is 29.5 Å². The molecule has 3 rings (SSSR count). The maximum atomic E-state index is 12.8. The summed E-state index contributed by atoms with van der Waals surface area (Å²) in [5.74, 6) is -3.56. The monoisotopic (exact) mass is 449 g/mol. The second-order valence-electron chi connectivity index (χ2n) is 7.39. The number of methoxy groups -OCH3 is 1. The largest absolute Gasteiger partial charge is 0.468 e. The molecule has 2 atom stereocenters. The minimum absolute atomic E-state index is 0.0153. The molecule has 0 saturated carbocycles. The van der Waals surface area contributed by atoms with Gasteiger partial charge in [-0.1, -0.05) is 54.2 Å². The Balaban J connectivity index is 1.87. The molecule has 0 saturated heterocycles. The standard InChI is InChI=1S/C24H23N3O4S/c1-14-9-10-15(2)18(11-14)26-19(28)13-32-23-17(12-25)20(16-7-5-4-6-8-16)21(22(29)27-23)24(30)31-3/h4-11,20-21H,13H2,1-3H3,(H,26,28)(H,27,29)/t20-,21+/m1/s1. The molecular formula is C24H23N3O4S. The van der Waals surface area contributed by atoms with Gasteiger partial charge in [0.25, 0.3) is 0 Å². The predicted octanol–water partition coefficient (Wildman–Crippen LogP) is 3.41. The summed E-state index contributed by atoms with van der Waals surface area (Å²) in [5.41, 5.74) is 3.53. The second-order valence-corrected chi connectivity index (χ2v) is 8.37. The Hall–Kier alpha value is -3.57. The minimum atomic E-state index is -1.19. The van der Waals surface area contributed by atoms with Gasteiger partial charge in [0, 0.05) is 11.6 Å². The van der Waals surface area contributed by atoms with Crippen LogP contribution in [0.15, 0.2) is 59.1 Å². The molecule has 1 aliphatic heterocycles. The van der Waals surface area contributed by atoms with E-state index in [0.29, 0.717) is 11.3 Å². The molecule has 7 nitrogen and oxygen atoms in total. The highest BCUT2D eigenvalue weighted by Crippen LogP contribution is 2.40. The van der Waals surface area contributed by atoms with Crippen molar-refractivity contribution in [3.8, 4) is 6.07 Å². The molecule has 0 spiro atoms. The van der Waals surface area contributed by atoms with Crippen molar-refractivity contribution in [2.45, 2.75) is 19.8 Å². The maximum Gasteiger partial charge on any atom is 0.319 e. The molecule has 0 aromatic heterocycles. The maximum absolute atomic E-state index is 12.8. The van der Waals surface area contributed by atoms with Gasteiger partial charge in [-0.05, 0) is 36.6 Å². The fourth-order valence-electron chi connectivity index (χ4n) is 3.53. The predicted molar refractivity (Wildman–Crippen MR) is 122 cm³/mol. The number of ether oxygens (including phenoxy) is 1. The number of anilines is 1. The summed E-state index contributed by atoms with van der Waals surface area (Å²) in [6, 6.07) is 16.8. The molecule has 1 heterocycles. The Morgan fingerprint density at radius 3 is 2.56 bits per heavy atom. The summed E-state index contributed by atoms with van der Waals surface area (Å²) in [6.07, 6.45) is 0. The van der Waals surface area contributed by atoms with Gasteiger partial charge in [0.15, 0.2) is 0 Å². The number of nitriles is 1. The van der Waals surface area contributed by atoms with Crippen LogP contribution in [0.3, 0.4) is 0 Å². The first-order chi connectivity index (χ1) is 15.3. The van der Waals surface area contributed by atoms with Gasteiger partial charge in [-0.3, -0.25) is 14.4 Å². The average molecular weight is 450 g/mol. The van der Waals surface area contributed by atoms with Crippen LogP contribution < -0.4 is 10.6 Å². The van der Waals surface area contributed by atoms with Gasteiger partial charge in [-0.15, -0.1) is 0 Å². The third kappa shape index (κ3) is 5.01. The van der Waals surface area contributed by atoms with Crippen LogP contribution >= 0.6 is 11.8 Å². The number of allylic oxidation sites excluding steroid dienone is 1. The SMILES string of the molecule is COC(=O)[C@@H]1C(=O)NC(SCC(=O)Nc2cc(C)ccc2C)=C(C#N)[C@H]1c1ccccc1. The molecule has 0 bridgehead atoms. The number of hydrogen-bond acceptors (Lipinski definition) is 6. The average Bonchev–Trinajstić information content (AvgIpc) is 2.79. The number of carbonyl (C=O) groups is 3. The quantitative estimate of drug-likeness (QED) is 0.517. The Kier molecular flexibility index (Phi) is 7.33. The van der Waals surface area contributed by atoms with Gasteiger partial charge in [-0.2, -0.15) is 5.26 Å². The molecule has 0 radical (unpaired) electrons. The summed E-state index contributed by atoms with van der Waals surface area (Å²) >= 11 is 1.05. The normalized spacial score (nSPS) is 17.9. The number of esters is 1. The summed E-state index contributed by atoms with van der Waals surface area (Å²) in [6.45, 7) is 3.84. The lowest BCUT2D eigenvalue weighted by Gasteiger charge is -2.30. The third-order valence-corrected chi connectivity index (χ3v) is 6.17. The number of nitrogens with one attached hydrogen (secondary N) is 2. The second kappa shape index (κ2) is 10.2. The Bertz CT molecular complexity index is 1120. The minimum Gasteiger partial charge on any atom is -0.468 e. The summed E-state index contributed by atoms with van der Waals surface area (Å²) in [5, 5.41) is 15.6. The van der Waals surface area contributed by atoms with E-state index in [0.717, 1.165) is 22.9 Å². The first-order valence-electron chi connectivity index (χ1n) is 9.93. The molecule has 2 aromatic carbocycles. The lowest BCUT2D eigenvalue weighted by Crippen LogP contribution is -2.44. The molecule has 0 fully saturated rings. The molecule has 1 aliphatic rings. The molecule has 2 aromatic rings. The van der Waals surface area contributed by atoms with Crippen molar-refractivity contribution in [1.29, 1.82) is 5.26 Å². The summed E-state index contributed by atoms with van der Waals surface area (Å²) in [7, 11) is 1.20. The first-order valence-corrected chi connectivity index (χ1v) is 10.9. The van der Waals surface area contributed by atoms with Crippen LogP contribution in [0.25, 0.3) is 0 Å². The van der Waals surface area contributed by atoms with E-state index in [1.54, 1.807) is 24.3 Å². The summed E-state index contributed by atoms with van der Waals surface area (Å²) < 4.78 is 4.82. The van der Waals surface area contributed by atoms with Crippen molar-refractivity contribution < 1.29 is 19.1 Å². The number of carbonyl (C=O) groups excluding carboxylic acids is 3. The molecule has 0 aliphatic carbocycles. The van der Waals surface area contributed by atoms with E-state index in [4.69, 9.17) is 4.74 Å². The van der Waals surface area contributed by atoms with Gasteiger partial charge in [-0.25, -0.2) is 0 Å². The van der Waals surface area contributed by atoms with E-state index in [9.17, 15) is 19.6 Å². The fraction of sp³-hybridized carbons (Fsp3) is 0.250. The van der Waals surface area contributed by atoms with E-state index < -0.39 is 23.7 Å². The van der Waals surface area contributed by atoms with Crippen LogP contribution in [-0.4, -0.2) is 30.6 Å². The van der Waals surface area contributed by atoms with Crippen molar-refractivity contribution in [3.63, 3.8) is 0 Å². The van der Waals surface area contributed by atoms with Crippen molar-refractivity contribution in [3.05, 3.63) is 75.8 Å². The Morgan fingerprint density at radius 1 is 1.19 bits per heavy atom. The van der Waals surface area contributed by atoms with E-state index in [-0.39, 0.29) is 22.3 Å². The Morgan fingerprint density at radius 2 is 1.91 bits per heavy atom. The molecule has 2 amide bonds. The highest BCUT2D eigenvalue weighted by molar-refractivity contribution is 8.03. The molecule has 8 heteroatoms. The molecule has 164 valence electrons. The van der Waals surface area contributed by atoms with E-state index >= 15 is 0 Å². The van der Waals surface area contributed by atoms with Crippen LogP contribution in [0.4, 0.5) is 5.69 Å². The molecule has 32 heavy (non-hydrogen) atoms. The molecular weight excluding hydrogens is 426 g/mol. The third-order valence-electron chi connectivity index (χ3n) is 5.16. The van der Waals surface area contributed by atoms with Crippen LogP contribution in [0, 0.1) is 31.1 Å². The van der Waals surface area contributed by atoms with Crippen molar-refractivity contribution in [2.24, 2.45) is 5.92 Å². The van der Waals surface area contributed by atoms with Gasteiger partial charge in [0.2, 0.25) is 11.8 Å². The van der Waals surface area contributed by atoms with Crippen LogP contribution in [0.2, 0.25) is 0 Å². The highest BCUT2D eigenvalue weighted by atomic mass is 32.2. The molecule has 2 N–H and O–H groups in total. The van der Waals surface area contributed by atoms with Gasteiger partial charge >= 0.3 is 5.97 Å². The first kappa shape index (κ1) is 23.1. The number of thioether (sulfide) groups is 1. The number of amides is 2. The lowest BCUT2D eigenvalue weighted by molar-refractivity contribution is -0.150. The lowest BCUT2D eigenvalue weighted by atomic mass is 9.78. The zero-order valence-corrected chi connectivity index (χ0v) is 18.8. The van der Waals surface area contributed by atoms with Crippen molar-refractivity contribution in [1.82, 2.24) is 5.32 Å². The van der Waals surface area contributed by atoms with Crippen LogP contribution in [0.5, 0.6) is 0 Å². The van der Waals surface area contributed by atoms with Gasteiger partial charge < -0.3 is 15.4 Å². The number of hydrogen-bond donors (Lipinski definition) is 2. The fourth-order valence-corrected chi connectivity index (χ4v) is 4.38. The van der Waals surface area contributed by atoms with Gasteiger partial charge in [0.1, 0.15) is 5.92 Å². The number of rotatable bonds is 6. The number of benzene rings is 2. The van der Waals surface area contributed by atoms with E-state index in [1.807, 2.05) is 38.1 Å². The van der Waals surface area contributed by atoms with Crippen LogP contribution in [-0.2, 0) is 19.1 Å².